The predicted molar refractivity (Wildman–Crippen MR) is 100 cm³/mol. The van der Waals surface area contributed by atoms with Crippen LogP contribution in [0.15, 0.2) is 36.5 Å². The van der Waals surface area contributed by atoms with E-state index in [0.29, 0.717) is 36.3 Å². The Morgan fingerprint density at radius 2 is 2.15 bits per heavy atom. The van der Waals surface area contributed by atoms with Gasteiger partial charge in [-0.3, -0.25) is 14.4 Å². The average Bonchev–Trinajstić information content (AvgIpc) is 3.05. The van der Waals surface area contributed by atoms with Crippen LogP contribution in [-0.2, 0) is 28.4 Å². The molecule has 142 valence electrons. The Kier molecular flexibility index (Phi) is 5.30. The van der Waals surface area contributed by atoms with E-state index >= 15 is 0 Å². The zero-order chi connectivity index (χ0) is 19.6. The number of piperidine rings is 1. The van der Waals surface area contributed by atoms with Crippen molar-refractivity contribution in [1.82, 2.24) is 14.1 Å². The molecule has 0 aliphatic carbocycles. The zero-order valence-electron chi connectivity index (χ0n) is 15.2. The second-order valence-electron chi connectivity index (χ2n) is 6.58. The maximum atomic E-state index is 13.1. The lowest BCUT2D eigenvalue weighted by Crippen LogP contribution is -2.54. The Bertz CT molecular complexity index is 992. The molecule has 1 saturated heterocycles. The number of amides is 1. The van der Waals surface area contributed by atoms with Gasteiger partial charge in [0.25, 0.3) is 0 Å². The standard InChI is InChI=1S/C18H21N5O3S/c1-21-17(8-9-20-21)22-10-4-7-16(18(22)24)23(27(2,25)26)13-15-6-3-5-14(11-15)12-19/h3,5-6,8-9,11,16H,4,7,10,13H2,1-2H3/t16-/m0/s1. The second-order valence-corrected chi connectivity index (χ2v) is 8.52. The van der Waals surface area contributed by atoms with E-state index in [1.54, 1.807) is 53.2 Å². The van der Waals surface area contributed by atoms with Crippen LogP contribution in [0.3, 0.4) is 0 Å². The summed E-state index contributed by atoms with van der Waals surface area (Å²) in [6.45, 7) is 0.570. The van der Waals surface area contributed by atoms with Crippen LogP contribution in [0.4, 0.5) is 5.82 Å². The van der Waals surface area contributed by atoms with Crippen molar-refractivity contribution >= 4 is 21.7 Å². The van der Waals surface area contributed by atoms with Crippen molar-refractivity contribution in [2.45, 2.75) is 25.4 Å². The molecule has 0 spiro atoms. The average molecular weight is 387 g/mol. The first-order chi connectivity index (χ1) is 12.8. The fourth-order valence-corrected chi connectivity index (χ4v) is 4.40. The number of sulfonamides is 1. The predicted octanol–water partition coefficient (Wildman–Crippen LogP) is 1.25. The number of carbonyl (C=O) groups is 1. The largest absolute Gasteiger partial charge is 0.296 e. The van der Waals surface area contributed by atoms with Gasteiger partial charge in [0.05, 0.1) is 24.1 Å². The third-order valence-electron chi connectivity index (χ3n) is 4.65. The molecular weight excluding hydrogens is 366 g/mol. The van der Waals surface area contributed by atoms with Gasteiger partial charge in [-0.15, -0.1) is 0 Å². The minimum Gasteiger partial charge on any atom is -0.296 e. The molecule has 1 aliphatic heterocycles. The Morgan fingerprint density at radius 1 is 1.37 bits per heavy atom. The maximum absolute atomic E-state index is 13.1. The Balaban J connectivity index is 1.92. The number of rotatable bonds is 5. The summed E-state index contributed by atoms with van der Waals surface area (Å²) >= 11 is 0. The minimum atomic E-state index is -3.64. The quantitative estimate of drug-likeness (QED) is 0.769. The van der Waals surface area contributed by atoms with E-state index in [9.17, 15) is 13.2 Å². The van der Waals surface area contributed by atoms with Crippen molar-refractivity contribution in [2.75, 3.05) is 17.7 Å². The lowest BCUT2D eigenvalue weighted by molar-refractivity contribution is -0.123. The fraction of sp³-hybridized carbons (Fsp3) is 0.389. The van der Waals surface area contributed by atoms with Gasteiger partial charge in [-0.25, -0.2) is 8.42 Å². The van der Waals surface area contributed by atoms with Crippen molar-refractivity contribution in [2.24, 2.45) is 7.05 Å². The number of hydrogen-bond donors (Lipinski definition) is 0. The molecule has 27 heavy (non-hydrogen) atoms. The summed E-state index contributed by atoms with van der Waals surface area (Å²) in [6, 6.07) is 9.76. The molecule has 1 aromatic heterocycles. The van der Waals surface area contributed by atoms with Gasteiger partial charge in [0.2, 0.25) is 15.9 Å². The molecule has 0 unspecified atom stereocenters. The van der Waals surface area contributed by atoms with Crippen LogP contribution >= 0.6 is 0 Å². The Labute approximate surface area is 158 Å². The summed E-state index contributed by atoms with van der Waals surface area (Å²) in [5.74, 6) is 0.386. The monoisotopic (exact) mass is 387 g/mol. The molecule has 1 fully saturated rings. The molecular formula is C18H21N5O3S. The third-order valence-corrected chi connectivity index (χ3v) is 5.89. The number of aromatic nitrogens is 2. The first-order valence-corrected chi connectivity index (χ1v) is 10.4. The third kappa shape index (κ3) is 4.02. The van der Waals surface area contributed by atoms with Gasteiger partial charge in [-0.1, -0.05) is 12.1 Å². The number of nitrogens with zero attached hydrogens (tertiary/aromatic N) is 5. The van der Waals surface area contributed by atoms with Gasteiger partial charge >= 0.3 is 0 Å². The molecule has 1 amide bonds. The van der Waals surface area contributed by atoms with Crippen molar-refractivity contribution < 1.29 is 13.2 Å². The minimum absolute atomic E-state index is 0.0456. The normalized spacial score (nSPS) is 17.9. The van der Waals surface area contributed by atoms with Gasteiger partial charge in [0.1, 0.15) is 11.9 Å². The molecule has 3 rings (SSSR count). The van der Waals surface area contributed by atoms with Crippen molar-refractivity contribution in [1.29, 1.82) is 5.26 Å². The molecule has 9 heteroatoms. The van der Waals surface area contributed by atoms with Gasteiger partial charge in [0.15, 0.2) is 0 Å². The second kappa shape index (κ2) is 7.50. The Hall–Kier alpha value is -2.70. The van der Waals surface area contributed by atoms with Crippen LogP contribution in [-0.4, -0.2) is 47.3 Å². The summed E-state index contributed by atoms with van der Waals surface area (Å²) in [7, 11) is -1.89. The van der Waals surface area contributed by atoms with Crippen molar-refractivity contribution in [3.8, 4) is 6.07 Å². The molecule has 0 saturated carbocycles. The first-order valence-electron chi connectivity index (χ1n) is 8.56. The highest BCUT2D eigenvalue weighted by Gasteiger charge is 2.38. The van der Waals surface area contributed by atoms with E-state index in [0.717, 1.165) is 6.26 Å². The first kappa shape index (κ1) is 19.1. The van der Waals surface area contributed by atoms with E-state index in [1.165, 1.54) is 4.31 Å². The number of anilines is 1. The Morgan fingerprint density at radius 3 is 2.78 bits per heavy atom. The van der Waals surface area contributed by atoms with Crippen LogP contribution in [0.1, 0.15) is 24.0 Å². The van der Waals surface area contributed by atoms with Crippen LogP contribution in [0.2, 0.25) is 0 Å². The van der Waals surface area contributed by atoms with E-state index in [2.05, 4.69) is 5.10 Å². The molecule has 1 atom stereocenters. The number of aryl methyl sites for hydroxylation is 1. The number of carbonyl (C=O) groups excluding carboxylic acids is 1. The van der Waals surface area contributed by atoms with E-state index in [-0.39, 0.29) is 12.5 Å². The summed E-state index contributed by atoms with van der Waals surface area (Å²) in [5, 5.41) is 13.2. The summed E-state index contributed by atoms with van der Waals surface area (Å²) in [4.78, 5) is 14.7. The summed E-state index contributed by atoms with van der Waals surface area (Å²) < 4.78 is 27.8. The number of hydrogen-bond acceptors (Lipinski definition) is 5. The fourth-order valence-electron chi connectivity index (χ4n) is 3.36. The van der Waals surface area contributed by atoms with Crippen LogP contribution in [0, 0.1) is 11.3 Å². The smallest absolute Gasteiger partial charge is 0.246 e. The van der Waals surface area contributed by atoms with Gasteiger partial charge in [-0.2, -0.15) is 14.7 Å². The molecule has 1 aliphatic rings. The van der Waals surface area contributed by atoms with Crippen molar-refractivity contribution in [3.05, 3.63) is 47.7 Å². The lowest BCUT2D eigenvalue weighted by Gasteiger charge is -2.37. The molecule has 1 aromatic carbocycles. The number of nitriles is 1. The molecule has 0 bridgehead atoms. The summed E-state index contributed by atoms with van der Waals surface area (Å²) in [5.41, 5.74) is 1.12. The highest BCUT2D eigenvalue weighted by atomic mass is 32.2. The molecule has 8 nitrogen and oxygen atoms in total. The zero-order valence-corrected chi connectivity index (χ0v) is 16.1. The van der Waals surface area contributed by atoms with E-state index in [1.807, 2.05) is 6.07 Å². The topological polar surface area (TPSA) is 99.3 Å². The van der Waals surface area contributed by atoms with Crippen LogP contribution in [0.5, 0.6) is 0 Å². The molecule has 2 aromatic rings. The van der Waals surface area contributed by atoms with Crippen molar-refractivity contribution in [3.63, 3.8) is 0 Å². The van der Waals surface area contributed by atoms with Gasteiger partial charge < -0.3 is 0 Å². The maximum Gasteiger partial charge on any atom is 0.246 e. The molecule has 0 N–H and O–H groups in total. The lowest BCUT2D eigenvalue weighted by atomic mass is 10.0. The molecule has 0 radical (unpaired) electrons. The summed E-state index contributed by atoms with van der Waals surface area (Å²) in [6.07, 6.45) is 3.86. The van der Waals surface area contributed by atoms with E-state index in [4.69, 9.17) is 5.26 Å². The number of benzene rings is 1. The highest BCUT2D eigenvalue weighted by Crippen LogP contribution is 2.26. The van der Waals surface area contributed by atoms with E-state index < -0.39 is 16.1 Å². The van der Waals surface area contributed by atoms with Gasteiger partial charge in [-0.05, 0) is 30.5 Å². The van der Waals surface area contributed by atoms with Crippen LogP contribution < -0.4 is 4.90 Å². The van der Waals surface area contributed by atoms with Crippen LogP contribution in [0.25, 0.3) is 0 Å². The highest BCUT2D eigenvalue weighted by molar-refractivity contribution is 7.88. The van der Waals surface area contributed by atoms with Gasteiger partial charge in [0, 0.05) is 26.2 Å². The molecule has 2 heterocycles. The SMILES string of the molecule is Cn1nccc1N1CCC[C@H](N(Cc2cccc(C#N)c2)S(C)(=O)=O)C1=O.